The number of hydrogen-bond donors (Lipinski definition) is 2. The maximum atomic E-state index is 13.6. The van der Waals surface area contributed by atoms with Crippen molar-refractivity contribution in [2.24, 2.45) is 0 Å². The third-order valence-electron chi connectivity index (χ3n) is 6.95. The Labute approximate surface area is 273 Å². The Morgan fingerprint density at radius 1 is 0.766 bits per heavy atom. The number of rotatable bonds is 9. The van der Waals surface area contributed by atoms with Crippen molar-refractivity contribution in [1.82, 2.24) is 4.72 Å². The van der Waals surface area contributed by atoms with E-state index in [0.717, 1.165) is 17.0 Å². The number of sulfonamides is 2. The van der Waals surface area contributed by atoms with Crippen molar-refractivity contribution in [2.75, 3.05) is 10.6 Å². The fraction of sp³-hybridized carbons (Fsp3) is 0.143. The monoisotopic (exact) mass is 672 g/mol. The molecule has 10 nitrogen and oxygen atoms in total. The van der Waals surface area contributed by atoms with Gasteiger partial charge in [0.25, 0.3) is 5.91 Å². The predicted octanol–water partition coefficient (Wildman–Crippen LogP) is 6.68. The SMILES string of the molecule is CC(C)(C)NS(=O)(=O)c1ccccc1-c1ccc(C(=O)N(c2ccc(Oc3cc4ccccc4cc3C(=O)O)cc2)S(C)(=O)=O)cc1. The standard InChI is InChI=1S/C35H32N2O8S2/c1-35(2,3)36-47(43,44)32-12-8-7-11-29(32)23-13-15-24(16-14-23)33(38)37(46(4,41)42)27-17-19-28(20-18-27)45-31-22-26-10-6-5-9-25(26)21-30(31)34(39)40/h5-22,36H,1-4H3,(H,39,40). The van der Waals surface area contributed by atoms with Crippen LogP contribution in [-0.2, 0) is 20.0 Å². The molecular weight excluding hydrogens is 641 g/mol. The third-order valence-corrected chi connectivity index (χ3v) is 9.81. The summed E-state index contributed by atoms with van der Waals surface area (Å²) in [5.41, 5.74) is 0.259. The summed E-state index contributed by atoms with van der Waals surface area (Å²) in [5, 5.41) is 11.2. The van der Waals surface area contributed by atoms with E-state index in [9.17, 15) is 31.5 Å². The van der Waals surface area contributed by atoms with Crippen LogP contribution in [0.15, 0.2) is 114 Å². The smallest absolute Gasteiger partial charge is 0.339 e. The first-order valence-electron chi connectivity index (χ1n) is 14.4. The third kappa shape index (κ3) is 7.51. The lowest BCUT2D eigenvalue weighted by atomic mass is 10.0. The lowest BCUT2D eigenvalue weighted by Crippen LogP contribution is -2.40. The van der Waals surface area contributed by atoms with Crippen molar-refractivity contribution in [2.45, 2.75) is 31.2 Å². The highest BCUT2D eigenvalue weighted by Crippen LogP contribution is 2.33. The molecule has 5 aromatic carbocycles. The van der Waals surface area contributed by atoms with Gasteiger partial charge < -0.3 is 9.84 Å². The van der Waals surface area contributed by atoms with Gasteiger partial charge in [-0.3, -0.25) is 4.79 Å². The van der Waals surface area contributed by atoms with E-state index in [4.69, 9.17) is 4.74 Å². The van der Waals surface area contributed by atoms with Gasteiger partial charge in [0.15, 0.2) is 0 Å². The summed E-state index contributed by atoms with van der Waals surface area (Å²) in [5.74, 6) is -1.67. The quantitative estimate of drug-likeness (QED) is 0.176. The first-order chi connectivity index (χ1) is 22.0. The number of amides is 1. The van der Waals surface area contributed by atoms with E-state index in [2.05, 4.69) is 4.72 Å². The average Bonchev–Trinajstić information content (AvgIpc) is 3.00. The summed E-state index contributed by atoms with van der Waals surface area (Å²) in [6, 6.07) is 28.4. The number of hydrogen-bond acceptors (Lipinski definition) is 7. The average molecular weight is 673 g/mol. The zero-order valence-electron chi connectivity index (χ0n) is 26.0. The summed E-state index contributed by atoms with van der Waals surface area (Å²) < 4.78 is 61.1. The van der Waals surface area contributed by atoms with E-state index in [1.165, 1.54) is 48.5 Å². The Morgan fingerprint density at radius 2 is 1.34 bits per heavy atom. The van der Waals surface area contributed by atoms with Crippen LogP contribution in [0.3, 0.4) is 0 Å². The topological polar surface area (TPSA) is 147 Å². The molecule has 12 heteroatoms. The van der Waals surface area contributed by atoms with Crippen LogP contribution in [-0.4, -0.2) is 45.6 Å². The summed E-state index contributed by atoms with van der Waals surface area (Å²) >= 11 is 0. The molecule has 0 saturated heterocycles. The highest BCUT2D eigenvalue weighted by Gasteiger charge is 2.28. The Kier molecular flexibility index (Phi) is 8.96. The Balaban J connectivity index is 1.42. The van der Waals surface area contributed by atoms with Crippen LogP contribution in [0.1, 0.15) is 41.5 Å². The number of ether oxygens (including phenoxy) is 1. The molecule has 0 heterocycles. The number of carbonyl (C=O) groups is 2. The lowest BCUT2D eigenvalue weighted by Gasteiger charge is -2.22. The van der Waals surface area contributed by atoms with E-state index in [1.54, 1.807) is 69.3 Å². The van der Waals surface area contributed by atoms with E-state index in [-0.39, 0.29) is 33.2 Å². The number of carbonyl (C=O) groups excluding carboxylic acids is 1. The molecule has 0 saturated carbocycles. The van der Waals surface area contributed by atoms with Crippen LogP contribution in [0.2, 0.25) is 0 Å². The van der Waals surface area contributed by atoms with Crippen LogP contribution in [0.25, 0.3) is 21.9 Å². The molecule has 5 aromatic rings. The van der Waals surface area contributed by atoms with Gasteiger partial charge >= 0.3 is 5.97 Å². The summed E-state index contributed by atoms with van der Waals surface area (Å²) in [6.07, 6.45) is 0.904. The van der Waals surface area contributed by atoms with Crippen LogP contribution < -0.4 is 13.8 Å². The molecule has 0 aliphatic rings. The maximum Gasteiger partial charge on any atom is 0.339 e. The van der Waals surface area contributed by atoms with E-state index in [1.807, 2.05) is 12.1 Å². The zero-order valence-corrected chi connectivity index (χ0v) is 27.6. The van der Waals surface area contributed by atoms with Crippen LogP contribution in [0, 0.1) is 0 Å². The van der Waals surface area contributed by atoms with E-state index in [0.29, 0.717) is 15.4 Å². The molecule has 47 heavy (non-hydrogen) atoms. The van der Waals surface area contributed by atoms with Gasteiger partial charge in [-0.15, -0.1) is 0 Å². The van der Waals surface area contributed by atoms with E-state index < -0.39 is 37.5 Å². The van der Waals surface area contributed by atoms with Gasteiger partial charge in [0.05, 0.1) is 16.8 Å². The minimum Gasteiger partial charge on any atom is -0.478 e. The number of anilines is 1. The summed E-state index contributed by atoms with van der Waals surface area (Å²) in [7, 11) is -7.98. The number of nitrogens with zero attached hydrogens (tertiary/aromatic N) is 1. The lowest BCUT2D eigenvalue weighted by molar-refractivity contribution is 0.0694. The highest BCUT2D eigenvalue weighted by atomic mass is 32.2. The molecule has 0 aliphatic carbocycles. The molecule has 1 amide bonds. The largest absolute Gasteiger partial charge is 0.478 e. The normalized spacial score (nSPS) is 12.1. The highest BCUT2D eigenvalue weighted by molar-refractivity contribution is 7.92. The first-order valence-corrected chi connectivity index (χ1v) is 17.7. The molecule has 0 atom stereocenters. The predicted molar refractivity (Wildman–Crippen MR) is 181 cm³/mol. The van der Waals surface area contributed by atoms with Gasteiger partial charge in [-0.05, 0) is 91.7 Å². The molecule has 242 valence electrons. The van der Waals surface area contributed by atoms with Gasteiger partial charge in [0.2, 0.25) is 20.0 Å². The van der Waals surface area contributed by atoms with Crippen LogP contribution in [0.4, 0.5) is 5.69 Å². The second-order valence-corrected chi connectivity index (χ2v) is 15.3. The Bertz CT molecular complexity index is 2210. The van der Waals surface area contributed by atoms with Gasteiger partial charge in [-0.2, -0.15) is 0 Å². The fourth-order valence-electron chi connectivity index (χ4n) is 5.01. The van der Waals surface area contributed by atoms with E-state index >= 15 is 0 Å². The number of fused-ring (bicyclic) bond motifs is 1. The molecule has 0 aliphatic heterocycles. The van der Waals surface area contributed by atoms with Crippen molar-refractivity contribution in [3.63, 3.8) is 0 Å². The van der Waals surface area contributed by atoms with Gasteiger partial charge in [-0.1, -0.05) is 54.6 Å². The number of carboxylic acids is 1. The molecule has 0 aromatic heterocycles. The first kappa shape index (κ1) is 33.3. The van der Waals surface area contributed by atoms with Crippen molar-refractivity contribution in [3.8, 4) is 22.6 Å². The molecule has 0 unspecified atom stereocenters. The minimum atomic E-state index is -4.11. The molecular formula is C35H32N2O8S2. The van der Waals surface area contributed by atoms with Crippen molar-refractivity contribution in [3.05, 3.63) is 120 Å². The maximum absolute atomic E-state index is 13.6. The van der Waals surface area contributed by atoms with Crippen LogP contribution in [0.5, 0.6) is 11.5 Å². The summed E-state index contributed by atoms with van der Waals surface area (Å²) in [6.45, 7) is 5.21. The minimum absolute atomic E-state index is 0.0376. The summed E-state index contributed by atoms with van der Waals surface area (Å²) in [4.78, 5) is 25.6. The van der Waals surface area contributed by atoms with Gasteiger partial charge in [-0.25, -0.2) is 30.7 Å². The molecule has 5 rings (SSSR count). The molecule has 0 bridgehead atoms. The zero-order chi connectivity index (χ0) is 34.1. The van der Waals surface area contributed by atoms with Crippen molar-refractivity contribution in [1.29, 1.82) is 0 Å². The Morgan fingerprint density at radius 3 is 1.91 bits per heavy atom. The molecule has 0 spiro atoms. The van der Waals surface area contributed by atoms with Gasteiger partial charge in [0, 0.05) is 16.7 Å². The molecule has 0 radical (unpaired) electrons. The Hall–Kier alpha value is -5.04. The number of benzene rings is 5. The molecule has 0 fully saturated rings. The van der Waals surface area contributed by atoms with Crippen molar-refractivity contribution < 1.29 is 36.3 Å². The van der Waals surface area contributed by atoms with Crippen LogP contribution >= 0.6 is 0 Å². The number of aromatic carboxylic acids is 1. The number of nitrogens with one attached hydrogen (secondary N) is 1. The second-order valence-electron chi connectivity index (χ2n) is 11.9. The molecule has 2 N–H and O–H groups in total. The fourth-order valence-corrected chi connectivity index (χ4v) is 7.57. The second kappa shape index (κ2) is 12.6. The van der Waals surface area contributed by atoms with Gasteiger partial charge in [0.1, 0.15) is 17.1 Å². The number of carboxylic acid groups (broad SMARTS) is 1. The van der Waals surface area contributed by atoms with Crippen molar-refractivity contribution >= 4 is 48.4 Å².